The largest absolute Gasteiger partial charge is 0.497 e. The molecule has 1 unspecified atom stereocenters. The van der Waals surface area contributed by atoms with Crippen molar-refractivity contribution in [3.05, 3.63) is 108 Å². The molecule has 5 rings (SSSR count). The fourth-order valence-corrected chi connectivity index (χ4v) is 4.72. The van der Waals surface area contributed by atoms with Crippen LogP contribution in [0.15, 0.2) is 97.1 Å². The number of hydrogen-bond acceptors (Lipinski definition) is 7. The Morgan fingerprint density at radius 2 is 1.52 bits per heavy atom. The number of hydrogen-bond donors (Lipinski definition) is 1. The molecule has 214 valence electrons. The second-order valence-electron chi connectivity index (χ2n) is 9.47. The third-order valence-electron chi connectivity index (χ3n) is 6.88. The number of rotatable bonds is 11. The van der Waals surface area contributed by atoms with Gasteiger partial charge in [0.05, 0.1) is 32.5 Å². The predicted octanol–water partition coefficient (Wildman–Crippen LogP) is 4.87. The van der Waals surface area contributed by atoms with Crippen LogP contribution in [0.25, 0.3) is 11.0 Å². The summed E-state index contributed by atoms with van der Waals surface area (Å²) in [6, 6.07) is 28.1. The van der Waals surface area contributed by atoms with E-state index >= 15 is 0 Å². The zero-order chi connectivity index (χ0) is 29.5. The van der Waals surface area contributed by atoms with Gasteiger partial charge in [0.15, 0.2) is 0 Å². The normalized spacial score (nSPS) is 11.5. The maximum Gasteiger partial charge on any atom is 0.251 e. The number of fused-ring (bicyclic) bond motifs is 1. The maximum absolute atomic E-state index is 14.2. The van der Waals surface area contributed by atoms with Crippen molar-refractivity contribution in [1.29, 1.82) is 0 Å². The lowest BCUT2D eigenvalue weighted by Gasteiger charge is -2.32. The molecule has 0 radical (unpaired) electrons. The summed E-state index contributed by atoms with van der Waals surface area (Å²) in [5.74, 6) is 0.981. The summed E-state index contributed by atoms with van der Waals surface area (Å²) in [7, 11) is 4.66. The van der Waals surface area contributed by atoms with Gasteiger partial charge in [-0.1, -0.05) is 59.8 Å². The van der Waals surface area contributed by atoms with Gasteiger partial charge in [0.2, 0.25) is 5.91 Å². The van der Waals surface area contributed by atoms with Crippen LogP contribution in [0.4, 0.5) is 5.69 Å². The van der Waals surface area contributed by atoms with Crippen LogP contribution in [-0.4, -0.2) is 53.0 Å². The van der Waals surface area contributed by atoms with E-state index in [0.717, 1.165) is 11.1 Å². The van der Waals surface area contributed by atoms with E-state index in [9.17, 15) is 9.59 Å². The zero-order valence-electron chi connectivity index (χ0n) is 23.6. The first-order valence-corrected chi connectivity index (χ1v) is 13.3. The zero-order valence-corrected chi connectivity index (χ0v) is 23.6. The summed E-state index contributed by atoms with van der Waals surface area (Å²) >= 11 is 0. The van der Waals surface area contributed by atoms with Crippen LogP contribution in [-0.2, 0) is 22.7 Å². The summed E-state index contributed by atoms with van der Waals surface area (Å²) in [6.45, 7) is 0.0430. The molecule has 1 N–H and O–H groups in total. The number of carbonyl (C=O) groups is 2. The highest BCUT2D eigenvalue weighted by Gasteiger charge is 2.32. The smallest absolute Gasteiger partial charge is 0.251 e. The number of nitrogens with zero attached hydrogens (tertiary/aromatic N) is 4. The molecule has 0 aliphatic rings. The molecule has 1 atom stereocenters. The number of aromatic nitrogens is 3. The summed E-state index contributed by atoms with van der Waals surface area (Å²) in [4.78, 5) is 29.8. The molecule has 10 heteroatoms. The van der Waals surface area contributed by atoms with Gasteiger partial charge in [-0.25, -0.2) is 4.68 Å². The molecule has 0 fully saturated rings. The SMILES string of the molecule is COc1ccc(CN(C(=O)Cn2nnc3ccccc32)C(C(=O)Nc2ccc(OC)cc2OC)c2ccccc2)cc1. The van der Waals surface area contributed by atoms with Crippen LogP contribution in [0.1, 0.15) is 17.2 Å². The number of amides is 2. The van der Waals surface area contributed by atoms with E-state index in [1.807, 2.05) is 78.9 Å². The molecule has 5 aromatic rings. The molecule has 1 aromatic heterocycles. The van der Waals surface area contributed by atoms with Gasteiger partial charge < -0.3 is 24.4 Å². The van der Waals surface area contributed by atoms with Crippen molar-refractivity contribution in [2.24, 2.45) is 0 Å². The molecule has 2 amide bonds. The van der Waals surface area contributed by atoms with Crippen molar-refractivity contribution in [3.63, 3.8) is 0 Å². The Morgan fingerprint density at radius 1 is 0.833 bits per heavy atom. The van der Waals surface area contributed by atoms with E-state index in [-0.39, 0.29) is 19.0 Å². The second-order valence-corrected chi connectivity index (χ2v) is 9.47. The number of methoxy groups -OCH3 is 3. The highest BCUT2D eigenvalue weighted by molar-refractivity contribution is 5.99. The van der Waals surface area contributed by atoms with Crippen LogP contribution < -0.4 is 19.5 Å². The number of nitrogens with one attached hydrogen (secondary N) is 1. The Bertz CT molecular complexity index is 1670. The van der Waals surface area contributed by atoms with Crippen molar-refractivity contribution >= 4 is 28.5 Å². The van der Waals surface area contributed by atoms with Gasteiger partial charge in [-0.05, 0) is 47.5 Å². The lowest BCUT2D eigenvalue weighted by molar-refractivity contribution is -0.140. The lowest BCUT2D eigenvalue weighted by atomic mass is 10.0. The molecule has 42 heavy (non-hydrogen) atoms. The Balaban J connectivity index is 1.54. The van der Waals surface area contributed by atoms with Gasteiger partial charge >= 0.3 is 0 Å². The topological polar surface area (TPSA) is 108 Å². The number of anilines is 1. The minimum absolute atomic E-state index is 0.112. The molecule has 0 bridgehead atoms. The Hall–Kier alpha value is -5.38. The van der Waals surface area contributed by atoms with E-state index in [1.54, 1.807) is 42.0 Å². The van der Waals surface area contributed by atoms with Gasteiger partial charge in [0, 0.05) is 12.6 Å². The molecule has 0 saturated heterocycles. The molecule has 0 aliphatic heterocycles. The van der Waals surface area contributed by atoms with Crippen molar-refractivity contribution in [2.45, 2.75) is 19.1 Å². The summed E-state index contributed by atoms with van der Waals surface area (Å²) in [5, 5.41) is 11.4. The first-order chi connectivity index (χ1) is 20.5. The van der Waals surface area contributed by atoms with Crippen LogP contribution in [0.5, 0.6) is 17.2 Å². The number of para-hydroxylation sites is 1. The third kappa shape index (κ3) is 6.17. The van der Waals surface area contributed by atoms with E-state index in [1.165, 1.54) is 7.11 Å². The Morgan fingerprint density at radius 3 is 2.24 bits per heavy atom. The summed E-state index contributed by atoms with van der Waals surface area (Å²) in [5.41, 5.74) is 3.31. The molecule has 0 spiro atoms. The molecule has 0 aliphatic carbocycles. The van der Waals surface area contributed by atoms with Crippen molar-refractivity contribution in [2.75, 3.05) is 26.6 Å². The van der Waals surface area contributed by atoms with Crippen molar-refractivity contribution in [1.82, 2.24) is 19.9 Å². The summed E-state index contributed by atoms with van der Waals surface area (Å²) < 4.78 is 17.7. The van der Waals surface area contributed by atoms with Crippen molar-refractivity contribution in [3.8, 4) is 17.2 Å². The number of ether oxygens (including phenoxy) is 3. The molecule has 0 saturated carbocycles. The van der Waals surface area contributed by atoms with E-state index in [4.69, 9.17) is 14.2 Å². The molecular formula is C32H31N5O5. The first-order valence-electron chi connectivity index (χ1n) is 13.3. The van der Waals surface area contributed by atoms with E-state index < -0.39 is 11.9 Å². The maximum atomic E-state index is 14.2. The van der Waals surface area contributed by atoms with Crippen molar-refractivity contribution < 1.29 is 23.8 Å². The second kappa shape index (κ2) is 12.9. The van der Waals surface area contributed by atoms with Gasteiger partial charge in [-0.2, -0.15) is 0 Å². The standard InChI is InChI=1S/C32H31N5O5/c1-40-24-15-13-22(14-16-24)20-36(30(38)21-37-28-12-8-7-11-26(28)34-35-37)31(23-9-5-4-6-10-23)32(39)33-27-18-17-25(41-2)19-29(27)42-3/h4-19,31H,20-21H2,1-3H3,(H,33,39). The Labute approximate surface area is 243 Å². The fraction of sp³-hybridized carbons (Fsp3) is 0.188. The monoisotopic (exact) mass is 565 g/mol. The minimum atomic E-state index is -0.984. The molecule has 4 aromatic carbocycles. The van der Waals surface area contributed by atoms with Gasteiger partial charge in [-0.3, -0.25) is 9.59 Å². The highest BCUT2D eigenvalue weighted by atomic mass is 16.5. The molecular weight excluding hydrogens is 534 g/mol. The average molecular weight is 566 g/mol. The predicted molar refractivity (Wildman–Crippen MR) is 158 cm³/mol. The Kier molecular flexibility index (Phi) is 8.62. The number of benzene rings is 4. The minimum Gasteiger partial charge on any atom is -0.497 e. The molecule has 10 nitrogen and oxygen atoms in total. The average Bonchev–Trinajstić information content (AvgIpc) is 3.44. The quantitative estimate of drug-likeness (QED) is 0.244. The van der Waals surface area contributed by atoms with E-state index in [0.29, 0.717) is 34.0 Å². The van der Waals surface area contributed by atoms with E-state index in [2.05, 4.69) is 15.6 Å². The van der Waals surface area contributed by atoms with Crippen LogP contribution in [0.3, 0.4) is 0 Å². The van der Waals surface area contributed by atoms with Gasteiger partial charge in [0.25, 0.3) is 5.91 Å². The van der Waals surface area contributed by atoms with Gasteiger partial charge in [0.1, 0.15) is 35.4 Å². The van der Waals surface area contributed by atoms with Gasteiger partial charge in [-0.15, -0.1) is 5.10 Å². The first kappa shape index (κ1) is 28.2. The molecule has 1 heterocycles. The highest BCUT2D eigenvalue weighted by Crippen LogP contribution is 2.32. The third-order valence-corrected chi connectivity index (χ3v) is 6.88. The van der Waals surface area contributed by atoms with Crippen LogP contribution in [0.2, 0.25) is 0 Å². The van der Waals surface area contributed by atoms with Crippen LogP contribution in [0, 0.1) is 0 Å². The van der Waals surface area contributed by atoms with Crippen LogP contribution >= 0.6 is 0 Å². The summed E-state index contributed by atoms with van der Waals surface area (Å²) in [6.07, 6.45) is 0. The number of carbonyl (C=O) groups excluding carboxylic acids is 2. The lowest BCUT2D eigenvalue weighted by Crippen LogP contribution is -2.42. The fourth-order valence-electron chi connectivity index (χ4n) is 4.72.